The zero-order valence-corrected chi connectivity index (χ0v) is 26.5. The lowest BCUT2D eigenvalue weighted by molar-refractivity contribution is 1.04. The number of hydrogen-bond acceptors (Lipinski definition) is 4. The lowest BCUT2D eigenvalue weighted by Gasteiger charge is -2.12. The maximum atomic E-state index is 5.10. The van der Waals surface area contributed by atoms with Crippen LogP contribution in [0.1, 0.15) is 0 Å². The number of rotatable bonds is 4. The molecule has 4 nitrogen and oxygen atoms in total. The van der Waals surface area contributed by atoms with Gasteiger partial charge >= 0.3 is 0 Å². The van der Waals surface area contributed by atoms with E-state index < -0.39 is 0 Å². The van der Waals surface area contributed by atoms with Crippen LogP contribution in [0.25, 0.3) is 92.3 Å². The summed E-state index contributed by atoms with van der Waals surface area (Å²) in [6.07, 6.45) is 3.76. The molecule has 0 saturated carbocycles. The summed E-state index contributed by atoms with van der Waals surface area (Å²) >= 11 is 1.87. The summed E-state index contributed by atoms with van der Waals surface area (Å²) in [5, 5.41) is 7.52. The number of thiophene rings is 1. The number of benzene rings is 6. The van der Waals surface area contributed by atoms with Crippen LogP contribution in [-0.2, 0) is 0 Å². The third-order valence-corrected chi connectivity index (χ3v) is 10.5. The molecule has 48 heavy (non-hydrogen) atoms. The van der Waals surface area contributed by atoms with Crippen molar-refractivity contribution in [1.29, 1.82) is 0 Å². The second-order valence-electron chi connectivity index (χ2n) is 12.0. The van der Waals surface area contributed by atoms with Gasteiger partial charge in [-0.25, -0.2) is 15.0 Å². The summed E-state index contributed by atoms with van der Waals surface area (Å²) in [5.74, 6) is 0.775. The van der Waals surface area contributed by atoms with Gasteiger partial charge in [0, 0.05) is 47.3 Å². The molecule has 0 unspecified atom stereocenters. The van der Waals surface area contributed by atoms with Gasteiger partial charge in [0.15, 0.2) is 5.82 Å². The van der Waals surface area contributed by atoms with Crippen molar-refractivity contribution in [2.75, 3.05) is 0 Å². The zero-order valence-electron chi connectivity index (χ0n) is 25.7. The normalized spacial score (nSPS) is 11.8. The molecule has 6 aromatic carbocycles. The van der Waals surface area contributed by atoms with E-state index in [1.54, 1.807) is 0 Å². The Hall–Kier alpha value is -6.17. The Bertz CT molecular complexity index is 2760. The molecule has 0 bridgehead atoms. The second-order valence-corrected chi connectivity index (χ2v) is 13.1. The number of nitrogens with zero attached hydrogens (tertiary/aromatic N) is 4. The van der Waals surface area contributed by atoms with Gasteiger partial charge in [-0.2, -0.15) is 0 Å². The van der Waals surface area contributed by atoms with Crippen LogP contribution in [0.3, 0.4) is 0 Å². The Morgan fingerprint density at radius 1 is 0.458 bits per heavy atom. The number of fused-ring (bicyclic) bond motifs is 10. The molecule has 0 aliphatic carbocycles. The lowest BCUT2D eigenvalue weighted by Crippen LogP contribution is -2.00. The van der Waals surface area contributed by atoms with Crippen molar-refractivity contribution >= 4 is 64.1 Å². The maximum Gasteiger partial charge on any atom is 0.156 e. The van der Waals surface area contributed by atoms with Crippen LogP contribution >= 0.6 is 11.3 Å². The monoisotopic (exact) mass is 630 g/mol. The number of aromatic nitrogens is 4. The molecule has 0 saturated heterocycles. The molecule has 0 fully saturated rings. The van der Waals surface area contributed by atoms with Gasteiger partial charge in [0.05, 0.1) is 34.8 Å². The highest BCUT2D eigenvalue weighted by Gasteiger charge is 2.22. The summed E-state index contributed by atoms with van der Waals surface area (Å²) in [4.78, 5) is 15.2. The molecule has 0 spiro atoms. The van der Waals surface area contributed by atoms with E-state index >= 15 is 0 Å². The van der Waals surface area contributed by atoms with Gasteiger partial charge in [0.2, 0.25) is 0 Å². The lowest BCUT2D eigenvalue weighted by atomic mass is 10.00. The Labute approximate surface area is 280 Å². The minimum absolute atomic E-state index is 0.727. The second kappa shape index (κ2) is 10.7. The molecular weight excluding hydrogens is 605 g/mol. The van der Waals surface area contributed by atoms with E-state index in [4.69, 9.17) is 15.0 Å². The standard InChI is InChI=1S/C43H26N4S/c1-3-13-27(14-4-1)29-23-34(28-15-5-2-6-16-28)46-35(24-29)36-25-45-39(26-44-36)47-37-21-11-9-19-32(37)40-41-33-20-10-12-22-38(33)48-43(41)31-18-8-7-17-30(31)42(40)47/h1-26H. The summed E-state index contributed by atoms with van der Waals surface area (Å²) in [6.45, 7) is 0. The van der Waals surface area contributed by atoms with Gasteiger partial charge in [-0.15, -0.1) is 11.3 Å². The highest BCUT2D eigenvalue weighted by Crippen LogP contribution is 2.47. The van der Waals surface area contributed by atoms with Gasteiger partial charge in [0.1, 0.15) is 5.69 Å². The highest BCUT2D eigenvalue weighted by atomic mass is 32.1. The van der Waals surface area contributed by atoms with Gasteiger partial charge in [-0.05, 0) is 35.4 Å². The molecule has 0 N–H and O–H groups in total. The van der Waals surface area contributed by atoms with Crippen LogP contribution in [0.2, 0.25) is 0 Å². The van der Waals surface area contributed by atoms with E-state index in [2.05, 4.69) is 126 Å². The quantitative estimate of drug-likeness (QED) is 0.194. The van der Waals surface area contributed by atoms with E-state index in [0.717, 1.165) is 50.6 Å². The summed E-state index contributed by atoms with van der Waals surface area (Å²) < 4.78 is 4.91. The fraction of sp³-hybridized carbons (Fsp3) is 0. The molecule has 10 rings (SSSR count). The third kappa shape index (κ3) is 4.11. The predicted molar refractivity (Wildman–Crippen MR) is 201 cm³/mol. The molecule has 4 aromatic heterocycles. The maximum absolute atomic E-state index is 5.10. The fourth-order valence-corrected chi connectivity index (χ4v) is 8.39. The number of hydrogen-bond donors (Lipinski definition) is 0. The summed E-state index contributed by atoms with van der Waals surface area (Å²) in [7, 11) is 0. The summed E-state index contributed by atoms with van der Waals surface area (Å²) in [6, 6.07) is 51.2. The van der Waals surface area contributed by atoms with E-state index in [9.17, 15) is 0 Å². The van der Waals surface area contributed by atoms with Crippen LogP contribution in [0.15, 0.2) is 158 Å². The van der Waals surface area contributed by atoms with Crippen LogP contribution in [-0.4, -0.2) is 19.5 Å². The molecule has 5 heteroatoms. The van der Waals surface area contributed by atoms with Crippen LogP contribution < -0.4 is 0 Å². The van der Waals surface area contributed by atoms with Crippen LogP contribution in [0, 0.1) is 0 Å². The summed E-state index contributed by atoms with van der Waals surface area (Å²) in [5.41, 5.74) is 7.96. The van der Waals surface area contributed by atoms with E-state index in [1.807, 2.05) is 48.0 Å². The van der Waals surface area contributed by atoms with Crippen molar-refractivity contribution in [2.24, 2.45) is 0 Å². The third-order valence-electron chi connectivity index (χ3n) is 9.28. The van der Waals surface area contributed by atoms with Gasteiger partial charge in [-0.1, -0.05) is 121 Å². The minimum atomic E-state index is 0.727. The first-order chi connectivity index (χ1) is 23.8. The average molecular weight is 631 g/mol. The first-order valence-electron chi connectivity index (χ1n) is 16.0. The molecular formula is C43H26N4S. The SMILES string of the molecule is c1ccc(-c2cc(-c3ccccc3)nc(-c3cnc(-n4c5ccccc5c5c6c7ccccc7sc6c6ccccc6c54)cn3)c2)cc1. The topological polar surface area (TPSA) is 43.6 Å². The Morgan fingerprint density at radius 2 is 1.10 bits per heavy atom. The molecule has 0 aliphatic rings. The van der Waals surface area contributed by atoms with Crippen LogP contribution in [0.5, 0.6) is 0 Å². The molecule has 0 atom stereocenters. The first kappa shape index (κ1) is 27.0. The molecule has 0 aliphatic heterocycles. The van der Waals surface area contributed by atoms with Gasteiger partial charge in [0.25, 0.3) is 0 Å². The van der Waals surface area contributed by atoms with Crippen molar-refractivity contribution in [3.8, 4) is 39.6 Å². The van der Waals surface area contributed by atoms with Crippen molar-refractivity contribution in [3.63, 3.8) is 0 Å². The van der Waals surface area contributed by atoms with E-state index in [1.165, 1.54) is 41.7 Å². The Kier molecular flexibility index (Phi) is 6.01. The molecule has 0 radical (unpaired) electrons. The van der Waals surface area contributed by atoms with Crippen molar-refractivity contribution in [3.05, 3.63) is 158 Å². The molecule has 0 amide bonds. The smallest absolute Gasteiger partial charge is 0.156 e. The van der Waals surface area contributed by atoms with Gasteiger partial charge in [-0.3, -0.25) is 4.57 Å². The average Bonchev–Trinajstić information content (AvgIpc) is 3.72. The number of pyridine rings is 1. The molecule has 10 aromatic rings. The fourth-order valence-electron chi connectivity index (χ4n) is 7.14. The number of para-hydroxylation sites is 1. The van der Waals surface area contributed by atoms with Crippen molar-refractivity contribution in [1.82, 2.24) is 19.5 Å². The minimum Gasteiger partial charge on any atom is -0.292 e. The van der Waals surface area contributed by atoms with Crippen molar-refractivity contribution in [2.45, 2.75) is 0 Å². The first-order valence-corrected chi connectivity index (χ1v) is 16.8. The Balaban J connectivity index is 1.21. The van der Waals surface area contributed by atoms with Gasteiger partial charge < -0.3 is 0 Å². The predicted octanol–water partition coefficient (Wildman–Crippen LogP) is 11.5. The Morgan fingerprint density at radius 3 is 1.88 bits per heavy atom. The van der Waals surface area contributed by atoms with E-state index in [0.29, 0.717) is 0 Å². The molecule has 4 heterocycles. The van der Waals surface area contributed by atoms with Crippen LogP contribution in [0.4, 0.5) is 0 Å². The largest absolute Gasteiger partial charge is 0.292 e. The zero-order chi connectivity index (χ0) is 31.6. The van der Waals surface area contributed by atoms with E-state index in [-0.39, 0.29) is 0 Å². The van der Waals surface area contributed by atoms with Crippen molar-refractivity contribution < 1.29 is 0 Å². The highest BCUT2D eigenvalue weighted by molar-refractivity contribution is 7.27. The molecule has 224 valence electrons.